The molecule has 0 heterocycles. The molecule has 236 valence electrons. The third-order valence-corrected chi connectivity index (χ3v) is 2.52. The monoisotopic (exact) mass is 706 g/mol. The average Bonchev–Trinajstić information content (AvgIpc) is 2.64. The SMILES string of the molecule is CC(=O)/C=C(\O)C(F)(F)F.CC(=O)/C=C(\O)C(F)(F)F.CC(=O)/C=C(\O)C(F)(F)F.CC(=O)/C=C(\O)C(F)(F)F.[Zr]. The van der Waals surface area contributed by atoms with E-state index in [1.165, 1.54) is 0 Å². The Labute approximate surface area is 241 Å². The van der Waals surface area contributed by atoms with Crippen molar-refractivity contribution in [2.24, 2.45) is 0 Å². The van der Waals surface area contributed by atoms with Gasteiger partial charge in [-0.15, -0.1) is 0 Å². The molecule has 0 atom stereocenters. The molecule has 4 N–H and O–H groups in total. The van der Waals surface area contributed by atoms with E-state index in [1.54, 1.807) is 0 Å². The van der Waals surface area contributed by atoms with E-state index in [0.29, 0.717) is 0 Å². The van der Waals surface area contributed by atoms with E-state index in [9.17, 15) is 71.9 Å². The molecular formula is C20H20F12O8Zr. The summed E-state index contributed by atoms with van der Waals surface area (Å²) in [7, 11) is 0. The fraction of sp³-hybridized carbons (Fsp3) is 0.400. The van der Waals surface area contributed by atoms with E-state index >= 15 is 0 Å². The van der Waals surface area contributed by atoms with Crippen molar-refractivity contribution in [3.05, 3.63) is 47.3 Å². The van der Waals surface area contributed by atoms with Crippen LogP contribution in [0.25, 0.3) is 0 Å². The Morgan fingerprint density at radius 1 is 0.390 bits per heavy atom. The molecule has 41 heavy (non-hydrogen) atoms. The second-order valence-electron chi connectivity index (χ2n) is 6.55. The summed E-state index contributed by atoms with van der Waals surface area (Å²) in [6.07, 6.45) is -18.8. The smallest absolute Gasteiger partial charge is 0.448 e. The van der Waals surface area contributed by atoms with Crippen molar-refractivity contribution < 1.29 is 118 Å². The van der Waals surface area contributed by atoms with Crippen LogP contribution in [0, 0.1) is 0 Å². The summed E-state index contributed by atoms with van der Waals surface area (Å²) in [6.45, 7) is 3.67. The molecule has 0 saturated carbocycles. The van der Waals surface area contributed by atoms with Gasteiger partial charge in [-0.05, 0) is 27.7 Å². The number of ketones is 4. The van der Waals surface area contributed by atoms with Gasteiger partial charge in [-0.3, -0.25) is 19.2 Å². The minimum absolute atomic E-state index is 0. The molecule has 0 aliphatic carbocycles. The number of alkyl halides is 12. The topological polar surface area (TPSA) is 149 Å². The van der Waals surface area contributed by atoms with E-state index in [4.69, 9.17) is 20.4 Å². The molecule has 0 aliphatic heterocycles. The Morgan fingerprint density at radius 3 is 0.512 bits per heavy atom. The summed E-state index contributed by atoms with van der Waals surface area (Å²) < 4.78 is 136. The Kier molecular flexibility index (Phi) is 23.1. The van der Waals surface area contributed by atoms with Crippen molar-refractivity contribution in [1.82, 2.24) is 0 Å². The zero-order valence-corrected chi connectivity index (χ0v) is 23.2. The van der Waals surface area contributed by atoms with Gasteiger partial charge in [-0.25, -0.2) is 0 Å². The minimum atomic E-state index is -4.81. The van der Waals surface area contributed by atoms with Crippen molar-refractivity contribution in [2.45, 2.75) is 52.4 Å². The Hall–Kier alpha value is -3.12. The van der Waals surface area contributed by atoms with Crippen LogP contribution in [-0.4, -0.2) is 68.3 Å². The molecule has 0 saturated heterocycles. The first-order chi connectivity index (χ1) is 17.3. The molecule has 0 aromatic carbocycles. The van der Waals surface area contributed by atoms with Crippen molar-refractivity contribution in [3.63, 3.8) is 0 Å². The zero-order chi connectivity index (χ0) is 33.4. The third kappa shape index (κ3) is 33.0. The predicted octanol–water partition coefficient (Wildman–Crippen LogP) is 6.32. The number of hydrogen-bond donors (Lipinski definition) is 4. The van der Waals surface area contributed by atoms with Crippen LogP contribution in [0.5, 0.6) is 0 Å². The molecule has 0 rings (SSSR count). The summed E-state index contributed by atoms with van der Waals surface area (Å²) in [5, 5.41) is 32.3. The van der Waals surface area contributed by atoms with Gasteiger partial charge < -0.3 is 20.4 Å². The van der Waals surface area contributed by atoms with Crippen LogP contribution in [0.3, 0.4) is 0 Å². The van der Waals surface area contributed by atoms with Crippen LogP contribution < -0.4 is 0 Å². The number of carbonyl (C=O) groups excluding carboxylic acids is 4. The Balaban J connectivity index is -0.000000139. The largest absolute Gasteiger partial charge is 0.504 e. The number of carbonyl (C=O) groups is 4. The third-order valence-electron chi connectivity index (χ3n) is 2.52. The Morgan fingerprint density at radius 2 is 0.488 bits per heavy atom. The van der Waals surface area contributed by atoms with Crippen LogP contribution in [0.15, 0.2) is 47.3 Å². The van der Waals surface area contributed by atoms with E-state index in [1.807, 2.05) is 0 Å². The number of halogens is 12. The quantitative estimate of drug-likeness (QED) is 0.151. The maximum Gasteiger partial charge on any atom is 0.448 e. The Bertz CT molecular complexity index is 840. The van der Waals surface area contributed by atoms with Gasteiger partial charge in [-0.2, -0.15) is 52.7 Å². The average molecular weight is 708 g/mol. The van der Waals surface area contributed by atoms with E-state index in [-0.39, 0.29) is 50.5 Å². The van der Waals surface area contributed by atoms with Crippen molar-refractivity contribution in [3.8, 4) is 0 Å². The number of rotatable bonds is 4. The maximum absolute atomic E-state index is 11.3. The summed E-state index contributed by atoms with van der Waals surface area (Å²) in [5.41, 5.74) is 0. The van der Waals surface area contributed by atoms with Crippen LogP contribution >= 0.6 is 0 Å². The molecule has 0 aromatic rings. The molecular weight excluding hydrogens is 687 g/mol. The molecule has 0 aromatic heterocycles. The summed E-state index contributed by atoms with van der Waals surface area (Å²) in [5.74, 6) is -10.8. The summed E-state index contributed by atoms with van der Waals surface area (Å²) in [6, 6.07) is 0. The molecule has 0 fully saturated rings. The molecule has 0 radical (unpaired) electrons. The van der Waals surface area contributed by atoms with Gasteiger partial charge in [0.1, 0.15) is 0 Å². The fourth-order valence-electron chi connectivity index (χ4n) is 1.10. The van der Waals surface area contributed by atoms with Gasteiger partial charge in [0.15, 0.2) is 23.1 Å². The number of aliphatic hydroxyl groups is 4. The second-order valence-corrected chi connectivity index (χ2v) is 6.55. The molecule has 0 bridgehead atoms. The molecule has 0 unspecified atom stereocenters. The predicted molar refractivity (Wildman–Crippen MR) is 110 cm³/mol. The zero-order valence-electron chi connectivity index (χ0n) is 20.8. The number of allylic oxidation sites excluding steroid dienone is 8. The molecule has 0 aliphatic rings. The number of aliphatic hydroxyl groups excluding tert-OH is 4. The number of hydrogen-bond acceptors (Lipinski definition) is 8. The van der Waals surface area contributed by atoms with Crippen LogP contribution in [0.2, 0.25) is 0 Å². The summed E-state index contributed by atoms with van der Waals surface area (Å²) in [4.78, 5) is 39.9. The summed E-state index contributed by atoms with van der Waals surface area (Å²) >= 11 is 0. The van der Waals surface area contributed by atoms with Crippen molar-refractivity contribution in [2.75, 3.05) is 0 Å². The minimum Gasteiger partial charge on any atom is -0.504 e. The molecule has 8 nitrogen and oxygen atoms in total. The van der Waals surface area contributed by atoms with E-state index in [0.717, 1.165) is 27.7 Å². The molecule has 21 heteroatoms. The molecule has 0 spiro atoms. The van der Waals surface area contributed by atoms with Gasteiger partial charge in [0.25, 0.3) is 0 Å². The van der Waals surface area contributed by atoms with Crippen molar-refractivity contribution >= 4 is 23.1 Å². The maximum atomic E-state index is 11.3. The van der Waals surface area contributed by atoms with Gasteiger partial charge in [0.2, 0.25) is 23.0 Å². The van der Waals surface area contributed by atoms with Crippen LogP contribution in [-0.2, 0) is 45.4 Å². The second kappa shape index (κ2) is 19.9. The normalized spacial score (nSPS) is 13.1. The molecule has 0 amide bonds. The van der Waals surface area contributed by atoms with Crippen molar-refractivity contribution in [1.29, 1.82) is 0 Å². The first-order valence-corrected chi connectivity index (χ1v) is 9.29. The van der Waals surface area contributed by atoms with Gasteiger partial charge >= 0.3 is 24.7 Å². The van der Waals surface area contributed by atoms with Gasteiger partial charge in [-0.1, -0.05) is 0 Å². The van der Waals surface area contributed by atoms with Gasteiger partial charge in [0.05, 0.1) is 0 Å². The first-order valence-electron chi connectivity index (χ1n) is 9.29. The standard InChI is InChI=1S/4C5H5F3O2.Zr/c4*1-3(9)2-4(10)5(6,7)8;/h4*2,10H,1H3;/b4*4-2-;. The fourth-order valence-corrected chi connectivity index (χ4v) is 1.10. The van der Waals surface area contributed by atoms with Crippen LogP contribution in [0.4, 0.5) is 52.7 Å². The van der Waals surface area contributed by atoms with E-state index in [2.05, 4.69) is 0 Å². The first kappa shape index (κ1) is 47.7. The van der Waals surface area contributed by atoms with E-state index < -0.39 is 70.9 Å². The van der Waals surface area contributed by atoms with Gasteiger partial charge in [0, 0.05) is 50.5 Å². The van der Waals surface area contributed by atoms with Crippen LogP contribution in [0.1, 0.15) is 27.7 Å².